The highest BCUT2D eigenvalue weighted by Crippen LogP contribution is 2.12. The minimum atomic E-state index is 0.0664. The Morgan fingerprint density at radius 2 is 2.21 bits per heavy atom. The molecule has 70 valence electrons. The quantitative estimate of drug-likeness (QED) is 0.702. The topological polar surface area (TPSA) is 30.0 Å². The van der Waals surface area contributed by atoms with Crippen LogP contribution in [0, 0.1) is 6.92 Å². The molecule has 0 aliphatic heterocycles. The Balaban J connectivity index is 2.37. The molecule has 0 atom stereocenters. The van der Waals surface area contributed by atoms with Crippen molar-refractivity contribution in [2.24, 2.45) is 0 Å². The first kappa shape index (κ1) is 9.09. The van der Waals surface area contributed by atoms with E-state index in [1.807, 2.05) is 23.8 Å². The van der Waals surface area contributed by atoms with Crippen LogP contribution in [0.5, 0.6) is 0 Å². The largest absolute Gasteiger partial charge is 0.289 e. The molecule has 0 aromatic carbocycles. The molecular formula is C11H9NOS. The summed E-state index contributed by atoms with van der Waals surface area (Å²) in [5.74, 6) is 0.0664. The van der Waals surface area contributed by atoms with Crippen LogP contribution in [-0.4, -0.2) is 10.8 Å². The summed E-state index contributed by atoms with van der Waals surface area (Å²) in [5.41, 5.74) is 2.32. The Morgan fingerprint density at radius 1 is 1.36 bits per heavy atom. The summed E-state index contributed by atoms with van der Waals surface area (Å²) >= 11 is 1.53. The monoisotopic (exact) mass is 203 g/mol. The normalized spacial score (nSPS) is 10.1. The number of hydrogen-bond acceptors (Lipinski definition) is 3. The average Bonchev–Trinajstić information content (AvgIpc) is 2.69. The fraction of sp³-hybridized carbons (Fsp3) is 0.0909. The van der Waals surface area contributed by atoms with Gasteiger partial charge in [0.2, 0.25) is 0 Å². The standard InChI is InChI=1S/C11H9NOS/c1-8-6-9(2-4-12-8)11(13)10-3-5-14-7-10/h2-7H,1H3. The van der Waals surface area contributed by atoms with Crippen LogP contribution in [0.3, 0.4) is 0 Å². The lowest BCUT2D eigenvalue weighted by Gasteiger charge is -1.98. The lowest BCUT2D eigenvalue weighted by molar-refractivity contribution is 0.103. The molecule has 2 rings (SSSR count). The number of thiophene rings is 1. The summed E-state index contributed by atoms with van der Waals surface area (Å²) in [6.07, 6.45) is 1.66. The molecule has 0 spiro atoms. The molecular weight excluding hydrogens is 194 g/mol. The van der Waals surface area contributed by atoms with Crippen LogP contribution in [0.4, 0.5) is 0 Å². The predicted molar refractivity (Wildman–Crippen MR) is 56.7 cm³/mol. The fourth-order valence-electron chi connectivity index (χ4n) is 1.25. The molecule has 0 saturated carbocycles. The number of carbonyl (C=O) groups is 1. The highest BCUT2D eigenvalue weighted by molar-refractivity contribution is 7.08. The number of carbonyl (C=O) groups excluding carboxylic acids is 1. The van der Waals surface area contributed by atoms with Crippen molar-refractivity contribution in [3.8, 4) is 0 Å². The molecule has 0 fully saturated rings. The van der Waals surface area contributed by atoms with Crippen molar-refractivity contribution in [3.63, 3.8) is 0 Å². The third kappa shape index (κ3) is 1.72. The van der Waals surface area contributed by atoms with Crippen molar-refractivity contribution in [3.05, 3.63) is 52.0 Å². The highest BCUT2D eigenvalue weighted by atomic mass is 32.1. The van der Waals surface area contributed by atoms with Crippen LogP contribution < -0.4 is 0 Å². The summed E-state index contributed by atoms with van der Waals surface area (Å²) in [4.78, 5) is 15.9. The maximum Gasteiger partial charge on any atom is 0.193 e. The van der Waals surface area contributed by atoms with E-state index in [9.17, 15) is 4.79 Å². The van der Waals surface area contributed by atoms with Crippen molar-refractivity contribution in [2.75, 3.05) is 0 Å². The molecule has 0 radical (unpaired) electrons. The second-order valence-corrected chi connectivity index (χ2v) is 3.81. The number of ketones is 1. The number of aryl methyl sites for hydroxylation is 1. The van der Waals surface area contributed by atoms with E-state index in [-0.39, 0.29) is 5.78 Å². The van der Waals surface area contributed by atoms with E-state index in [0.717, 1.165) is 11.3 Å². The van der Waals surface area contributed by atoms with Gasteiger partial charge in [-0.25, -0.2) is 0 Å². The molecule has 0 N–H and O–H groups in total. The average molecular weight is 203 g/mol. The van der Waals surface area contributed by atoms with Crippen LogP contribution in [0.2, 0.25) is 0 Å². The van der Waals surface area contributed by atoms with Gasteiger partial charge in [-0.3, -0.25) is 9.78 Å². The van der Waals surface area contributed by atoms with E-state index in [2.05, 4.69) is 4.98 Å². The number of hydrogen-bond donors (Lipinski definition) is 0. The zero-order chi connectivity index (χ0) is 9.97. The molecule has 2 aromatic rings. The first-order valence-electron chi connectivity index (χ1n) is 4.27. The van der Waals surface area contributed by atoms with E-state index in [4.69, 9.17) is 0 Å². The molecule has 0 saturated heterocycles. The Hall–Kier alpha value is -1.48. The summed E-state index contributed by atoms with van der Waals surface area (Å²) in [6.45, 7) is 1.88. The molecule has 0 unspecified atom stereocenters. The minimum Gasteiger partial charge on any atom is -0.289 e. The van der Waals surface area contributed by atoms with E-state index < -0.39 is 0 Å². The molecule has 2 heterocycles. The molecule has 2 aromatic heterocycles. The Labute approximate surface area is 86.2 Å². The predicted octanol–water partition coefficient (Wildman–Crippen LogP) is 2.68. The van der Waals surface area contributed by atoms with Gasteiger partial charge in [-0.05, 0) is 30.5 Å². The Bertz CT molecular complexity index is 448. The molecule has 0 aliphatic carbocycles. The fourth-order valence-corrected chi connectivity index (χ4v) is 1.88. The maximum atomic E-state index is 11.8. The molecule has 2 nitrogen and oxygen atoms in total. The van der Waals surface area contributed by atoms with Gasteiger partial charge in [0.15, 0.2) is 5.78 Å². The van der Waals surface area contributed by atoms with Gasteiger partial charge in [0, 0.05) is 28.4 Å². The van der Waals surface area contributed by atoms with Gasteiger partial charge in [-0.2, -0.15) is 11.3 Å². The SMILES string of the molecule is Cc1cc(C(=O)c2ccsc2)ccn1. The van der Waals surface area contributed by atoms with Crippen LogP contribution >= 0.6 is 11.3 Å². The number of rotatable bonds is 2. The Kier molecular flexibility index (Phi) is 2.41. The third-order valence-electron chi connectivity index (χ3n) is 1.94. The van der Waals surface area contributed by atoms with Gasteiger partial charge >= 0.3 is 0 Å². The number of pyridine rings is 1. The van der Waals surface area contributed by atoms with Crippen molar-refractivity contribution in [1.29, 1.82) is 0 Å². The second kappa shape index (κ2) is 3.72. The van der Waals surface area contributed by atoms with Gasteiger partial charge in [0.1, 0.15) is 0 Å². The summed E-state index contributed by atoms with van der Waals surface area (Å²) < 4.78 is 0. The van der Waals surface area contributed by atoms with Gasteiger partial charge < -0.3 is 0 Å². The molecule has 3 heteroatoms. The van der Waals surface area contributed by atoms with Crippen molar-refractivity contribution >= 4 is 17.1 Å². The van der Waals surface area contributed by atoms with Crippen molar-refractivity contribution < 1.29 is 4.79 Å². The van der Waals surface area contributed by atoms with E-state index >= 15 is 0 Å². The van der Waals surface area contributed by atoms with Crippen LogP contribution in [0.1, 0.15) is 21.6 Å². The third-order valence-corrected chi connectivity index (χ3v) is 2.63. The molecule has 0 aliphatic rings. The minimum absolute atomic E-state index is 0.0664. The highest BCUT2D eigenvalue weighted by Gasteiger charge is 2.08. The van der Waals surface area contributed by atoms with E-state index in [0.29, 0.717) is 5.56 Å². The van der Waals surface area contributed by atoms with E-state index in [1.165, 1.54) is 11.3 Å². The van der Waals surface area contributed by atoms with Crippen molar-refractivity contribution in [1.82, 2.24) is 4.98 Å². The van der Waals surface area contributed by atoms with E-state index in [1.54, 1.807) is 18.3 Å². The lowest BCUT2D eigenvalue weighted by Crippen LogP contribution is -2.00. The summed E-state index contributed by atoms with van der Waals surface area (Å²) in [7, 11) is 0. The Morgan fingerprint density at radius 3 is 2.86 bits per heavy atom. The summed E-state index contributed by atoms with van der Waals surface area (Å²) in [5, 5.41) is 3.76. The smallest absolute Gasteiger partial charge is 0.193 e. The zero-order valence-corrected chi connectivity index (χ0v) is 8.54. The van der Waals surface area contributed by atoms with Gasteiger partial charge in [0.25, 0.3) is 0 Å². The van der Waals surface area contributed by atoms with Gasteiger partial charge in [-0.1, -0.05) is 0 Å². The van der Waals surface area contributed by atoms with Gasteiger partial charge in [0.05, 0.1) is 0 Å². The van der Waals surface area contributed by atoms with Crippen molar-refractivity contribution in [2.45, 2.75) is 6.92 Å². The van der Waals surface area contributed by atoms with Crippen LogP contribution in [0.15, 0.2) is 35.2 Å². The maximum absolute atomic E-state index is 11.8. The lowest BCUT2D eigenvalue weighted by atomic mass is 10.1. The number of aromatic nitrogens is 1. The molecule has 0 bridgehead atoms. The summed E-state index contributed by atoms with van der Waals surface area (Å²) in [6, 6.07) is 5.38. The second-order valence-electron chi connectivity index (χ2n) is 3.03. The molecule has 0 amide bonds. The van der Waals surface area contributed by atoms with Crippen LogP contribution in [-0.2, 0) is 0 Å². The zero-order valence-electron chi connectivity index (χ0n) is 7.73. The molecule has 14 heavy (non-hydrogen) atoms. The number of nitrogens with zero attached hydrogens (tertiary/aromatic N) is 1. The van der Waals surface area contributed by atoms with Gasteiger partial charge in [-0.15, -0.1) is 0 Å². The van der Waals surface area contributed by atoms with Crippen LogP contribution in [0.25, 0.3) is 0 Å². The first-order chi connectivity index (χ1) is 6.77. The first-order valence-corrected chi connectivity index (χ1v) is 5.21.